The van der Waals surface area contributed by atoms with Crippen LogP contribution in [0.15, 0.2) is 30.3 Å². The molecule has 0 bridgehead atoms. The second kappa shape index (κ2) is 5.24. The lowest BCUT2D eigenvalue weighted by atomic mass is 9.93. The van der Waals surface area contributed by atoms with Crippen LogP contribution in [0.5, 0.6) is 0 Å². The van der Waals surface area contributed by atoms with Crippen LogP contribution in [-0.4, -0.2) is 0 Å². The van der Waals surface area contributed by atoms with E-state index >= 15 is 0 Å². The average molecular weight is 289 g/mol. The standard InChI is InChI=1S/C15H13ClN2S/c16-15-8-11-13(6-3-7-14(11)19-15)18-12-5-2-1-4-10(12)9-17/h1-2,4-5,8,13,18H,3,6-7H2. The predicted octanol–water partition coefficient (Wildman–Crippen LogP) is 4.76. The van der Waals surface area contributed by atoms with E-state index in [2.05, 4.69) is 17.5 Å². The maximum absolute atomic E-state index is 9.14. The molecule has 1 atom stereocenters. The molecule has 0 saturated carbocycles. The minimum absolute atomic E-state index is 0.266. The van der Waals surface area contributed by atoms with Crippen LogP contribution < -0.4 is 5.32 Å². The summed E-state index contributed by atoms with van der Waals surface area (Å²) in [7, 11) is 0. The first kappa shape index (κ1) is 12.5. The largest absolute Gasteiger partial charge is 0.377 e. The van der Waals surface area contributed by atoms with Crippen LogP contribution in [-0.2, 0) is 6.42 Å². The van der Waals surface area contributed by atoms with E-state index in [1.54, 1.807) is 11.3 Å². The molecule has 0 radical (unpaired) electrons. The molecule has 1 unspecified atom stereocenters. The van der Waals surface area contributed by atoms with Gasteiger partial charge in [-0.05, 0) is 43.0 Å². The van der Waals surface area contributed by atoms with Gasteiger partial charge in [-0.15, -0.1) is 11.3 Å². The van der Waals surface area contributed by atoms with Crippen molar-refractivity contribution in [2.75, 3.05) is 5.32 Å². The van der Waals surface area contributed by atoms with Crippen LogP contribution in [0.2, 0.25) is 4.34 Å². The molecule has 96 valence electrons. The Hall–Kier alpha value is -1.50. The van der Waals surface area contributed by atoms with Gasteiger partial charge in [0.15, 0.2) is 0 Å². The topological polar surface area (TPSA) is 35.8 Å². The second-order valence-corrected chi connectivity index (χ2v) is 6.44. The predicted molar refractivity (Wildman–Crippen MR) is 79.8 cm³/mol. The summed E-state index contributed by atoms with van der Waals surface area (Å²) in [6.45, 7) is 0. The maximum Gasteiger partial charge on any atom is 0.101 e. The monoisotopic (exact) mass is 288 g/mol. The summed E-state index contributed by atoms with van der Waals surface area (Å²) >= 11 is 7.79. The number of halogens is 1. The van der Waals surface area contributed by atoms with Gasteiger partial charge in [-0.1, -0.05) is 23.7 Å². The Morgan fingerprint density at radius 3 is 3.05 bits per heavy atom. The zero-order valence-corrected chi connectivity index (χ0v) is 11.9. The van der Waals surface area contributed by atoms with Gasteiger partial charge in [0.2, 0.25) is 0 Å². The molecule has 0 spiro atoms. The molecule has 2 aromatic rings. The van der Waals surface area contributed by atoms with Crippen LogP contribution in [0.25, 0.3) is 0 Å². The SMILES string of the molecule is N#Cc1ccccc1NC1CCCc2sc(Cl)cc21. The van der Waals surface area contributed by atoms with Crippen LogP contribution in [0, 0.1) is 11.3 Å². The average Bonchev–Trinajstić information content (AvgIpc) is 2.81. The third kappa shape index (κ3) is 2.47. The molecule has 1 heterocycles. The lowest BCUT2D eigenvalue weighted by Gasteiger charge is -2.25. The maximum atomic E-state index is 9.14. The molecule has 3 rings (SSSR count). The van der Waals surface area contributed by atoms with Crippen LogP contribution in [0.4, 0.5) is 5.69 Å². The van der Waals surface area contributed by atoms with Crippen molar-refractivity contribution in [1.82, 2.24) is 0 Å². The van der Waals surface area contributed by atoms with E-state index in [0.29, 0.717) is 5.56 Å². The van der Waals surface area contributed by atoms with Crippen molar-refractivity contribution in [2.24, 2.45) is 0 Å². The van der Waals surface area contributed by atoms with E-state index in [1.165, 1.54) is 10.4 Å². The van der Waals surface area contributed by atoms with Gasteiger partial charge in [0.25, 0.3) is 0 Å². The fourth-order valence-electron chi connectivity index (χ4n) is 2.57. The Balaban J connectivity index is 1.91. The van der Waals surface area contributed by atoms with Crippen molar-refractivity contribution in [3.8, 4) is 6.07 Å². The number of nitriles is 1. The number of anilines is 1. The van der Waals surface area contributed by atoms with Gasteiger partial charge < -0.3 is 5.32 Å². The molecule has 19 heavy (non-hydrogen) atoms. The smallest absolute Gasteiger partial charge is 0.101 e. The number of hydrogen-bond donors (Lipinski definition) is 1. The lowest BCUT2D eigenvalue weighted by Crippen LogP contribution is -2.16. The molecule has 0 saturated heterocycles. The summed E-state index contributed by atoms with van der Waals surface area (Å²) in [4.78, 5) is 1.38. The molecule has 4 heteroatoms. The molecule has 0 amide bonds. The number of benzene rings is 1. The molecule has 1 N–H and O–H groups in total. The summed E-state index contributed by atoms with van der Waals surface area (Å²) in [5.74, 6) is 0. The molecule has 1 aromatic carbocycles. The van der Waals surface area contributed by atoms with E-state index in [1.807, 2.05) is 24.3 Å². The van der Waals surface area contributed by atoms with E-state index in [9.17, 15) is 0 Å². The second-order valence-electron chi connectivity index (χ2n) is 4.68. The van der Waals surface area contributed by atoms with Crippen molar-refractivity contribution in [2.45, 2.75) is 25.3 Å². The molecule has 0 aliphatic heterocycles. The van der Waals surface area contributed by atoms with Crippen LogP contribution in [0.3, 0.4) is 0 Å². The molecular formula is C15H13ClN2S. The highest BCUT2D eigenvalue weighted by Gasteiger charge is 2.23. The van der Waals surface area contributed by atoms with E-state index in [4.69, 9.17) is 16.9 Å². The number of nitrogens with zero attached hydrogens (tertiary/aromatic N) is 1. The van der Waals surface area contributed by atoms with Gasteiger partial charge in [-0.25, -0.2) is 0 Å². The zero-order valence-electron chi connectivity index (χ0n) is 10.3. The van der Waals surface area contributed by atoms with Crippen LogP contribution >= 0.6 is 22.9 Å². The minimum atomic E-state index is 0.266. The van der Waals surface area contributed by atoms with Gasteiger partial charge in [-0.3, -0.25) is 0 Å². The first-order valence-corrected chi connectivity index (χ1v) is 7.51. The Labute approximate surface area is 121 Å². The normalized spacial score (nSPS) is 17.6. The molecule has 1 aliphatic rings. The number of rotatable bonds is 2. The third-order valence-electron chi connectivity index (χ3n) is 3.46. The fraction of sp³-hybridized carbons (Fsp3) is 0.267. The number of thiophene rings is 1. The molecule has 2 nitrogen and oxygen atoms in total. The van der Waals surface area contributed by atoms with Crippen molar-refractivity contribution in [1.29, 1.82) is 5.26 Å². The molecule has 1 aliphatic carbocycles. The Kier molecular flexibility index (Phi) is 3.46. The number of aryl methyl sites for hydroxylation is 1. The third-order valence-corrected chi connectivity index (χ3v) is 4.80. The summed E-state index contributed by atoms with van der Waals surface area (Å²) in [6, 6.07) is 12.2. The minimum Gasteiger partial charge on any atom is -0.377 e. The van der Waals surface area contributed by atoms with Gasteiger partial charge in [0.1, 0.15) is 6.07 Å². The van der Waals surface area contributed by atoms with E-state index in [0.717, 1.165) is 29.3 Å². The summed E-state index contributed by atoms with van der Waals surface area (Å²) in [5, 5.41) is 12.6. The number of para-hydroxylation sites is 1. The molecule has 1 aromatic heterocycles. The van der Waals surface area contributed by atoms with Crippen LogP contribution in [0.1, 0.15) is 34.9 Å². The number of nitrogens with one attached hydrogen (secondary N) is 1. The van der Waals surface area contributed by atoms with Crippen molar-refractivity contribution in [3.05, 3.63) is 50.7 Å². The van der Waals surface area contributed by atoms with E-state index < -0.39 is 0 Å². The van der Waals surface area contributed by atoms with Crippen molar-refractivity contribution < 1.29 is 0 Å². The van der Waals surface area contributed by atoms with E-state index in [-0.39, 0.29) is 6.04 Å². The Morgan fingerprint density at radius 2 is 2.21 bits per heavy atom. The highest BCUT2D eigenvalue weighted by molar-refractivity contribution is 7.16. The van der Waals surface area contributed by atoms with Crippen molar-refractivity contribution in [3.63, 3.8) is 0 Å². The fourth-order valence-corrected chi connectivity index (χ4v) is 3.95. The van der Waals surface area contributed by atoms with Gasteiger partial charge in [0, 0.05) is 4.88 Å². The first-order valence-electron chi connectivity index (χ1n) is 6.31. The molecular weight excluding hydrogens is 276 g/mol. The highest BCUT2D eigenvalue weighted by Crippen LogP contribution is 2.39. The summed E-state index contributed by atoms with van der Waals surface area (Å²) in [6.07, 6.45) is 3.36. The molecule has 0 fully saturated rings. The van der Waals surface area contributed by atoms with Crippen molar-refractivity contribution >= 4 is 28.6 Å². The Bertz CT molecular complexity index is 642. The quantitative estimate of drug-likeness (QED) is 0.864. The van der Waals surface area contributed by atoms with Gasteiger partial charge in [-0.2, -0.15) is 5.26 Å². The highest BCUT2D eigenvalue weighted by atomic mass is 35.5. The number of fused-ring (bicyclic) bond motifs is 1. The lowest BCUT2D eigenvalue weighted by molar-refractivity contribution is 0.609. The summed E-state index contributed by atoms with van der Waals surface area (Å²) in [5.41, 5.74) is 2.90. The van der Waals surface area contributed by atoms with Gasteiger partial charge in [0.05, 0.1) is 21.6 Å². The first-order chi connectivity index (χ1) is 9.28. The van der Waals surface area contributed by atoms with Gasteiger partial charge >= 0.3 is 0 Å². The number of hydrogen-bond acceptors (Lipinski definition) is 3. The summed E-state index contributed by atoms with van der Waals surface area (Å²) < 4.78 is 0.854. The Morgan fingerprint density at radius 1 is 1.37 bits per heavy atom. The zero-order chi connectivity index (χ0) is 13.2.